The van der Waals surface area contributed by atoms with Crippen molar-refractivity contribution in [3.8, 4) is 0 Å². The van der Waals surface area contributed by atoms with Gasteiger partial charge < -0.3 is 14.6 Å². The Labute approximate surface area is 140 Å². The molecule has 0 unspecified atom stereocenters. The minimum absolute atomic E-state index is 0.173. The number of rotatable bonds is 5. The first kappa shape index (κ1) is 15.4. The molecule has 1 aliphatic heterocycles. The molecule has 2 fully saturated rings. The zero-order valence-corrected chi connectivity index (χ0v) is 13.5. The number of aromatic nitrogens is 1. The fourth-order valence-electron chi connectivity index (χ4n) is 3.12. The zero-order chi connectivity index (χ0) is 16.4. The summed E-state index contributed by atoms with van der Waals surface area (Å²) in [6.07, 6.45) is 1.92. The average molecular weight is 327 g/mol. The molecule has 1 saturated heterocycles. The molecule has 1 N–H and O–H groups in total. The summed E-state index contributed by atoms with van der Waals surface area (Å²) in [5.41, 5.74) is 1.26. The molecule has 6 nitrogen and oxygen atoms in total. The van der Waals surface area contributed by atoms with Crippen LogP contribution >= 0.6 is 0 Å². The van der Waals surface area contributed by atoms with E-state index < -0.39 is 0 Å². The van der Waals surface area contributed by atoms with Gasteiger partial charge in [0.05, 0.1) is 25.3 Å². The Balaban J connectivity index is 1.40. The number of carbonyl (C=O) groups excluding carboxylic acids is 1. The third-order valence-corrected chi connectivity index (χ3v) is 4.70. The molecule has 1 aromatic heterocycles. The van der Waals surface area contributed by atoms with E-state index in [1.54, 1.807) is 6.07 Å². The van der Waals surface area contributed by atoms with Crippen LogP contribution in [-0.4, -0.2) is 42.3 Å². The van der Waals surface area contributed by atoms with Crippen molar-refractivity contribution in [2.45, 2.75) is 24.9 Å². The molecular weight excluding hydrogens is 306 g/mol. The van der Waals surface area contributed by atoms with Crippen molar-refractivity contribution in [2.75, 3.05) is 26.3 Å². The van der Waals surface area contributed by atoms with Crippen LogP contribution in [-0.2, 0) is 16.8 Å². The molecule has 0 radical (unpaired) electrons. The highest BCUT2D eigenvalue weighted by Crippen LogP contribution is 2.45. The van der Waals surface area contributed by atoms with E-state index in [1.165, 1.54) is 0 Å². The number of hydrogen-bond acceptors (Lipinski definition) is 5. The Morgan fingerprint density at radius 3 is 2.67 bits per heavy atom. The molecule has 1 aliphatic carbocycles. The highest BCUT2D eigenvalue weighted by Gasteiger charge is 2.46. The molecule has 4 rings (SSSR count). The van der Waals surface area contributed by atoms with E-state index in [-0.39, 0.29) is 11.4 Å². The van der Waals surface area contributed by atoms with Crippen molar-refractivity contribution in [1.82, 2.24) is 15.4 Å². The van der Waals surface area contributed by atoms with Crippen LogP contribution in [0, 0.1) is 0 Å². The van der Waals surface area contributed by atoms with E-state index >= 15 is 0 Å². The summed E-state index contributed by atoms with van der Waals surface area (Å²) in [4.78, 5) is 14.7. The van der Waals surface area contributed by atoms with Crippen LogP contribution in [0.15, 0.2) is 40.9 Å². The van der Waals surface area contributed by atoms with Crippen molar-refractivity contribution < 1.29 is 14.1 Å². The minimum atomic E-state index is -0.234. The number of carbonyl (C=O) groups is 1. The number of hydrogen-bond donors (Lipinski definition) is 1. The summed E-state index contributed by atoms with van der Waals surface area (Å²) >= 11 is 0. The Morgan fingerprint density at radius 1 is 1.21 bits per heavy atom. The fraction of sp³-hybridized carbons (Fsp3) is 0.444. The highest BCUT2D eigenvalue weighted by molar-refractivity contribution is 5.93. The molecule has 1 amide bonds. The van der Waals surface area contributed by atoms with E-state index in [4.69, 9.17) is 9.26 Å². The second-order valence-electron chi connectivity index (χ2n) is 6.47. The van der Waals surface area contributed by atoms with Crippen LogP contribution in [0.5, 0.6) is 0 Å². The molecule has 0 spiro atoms. The molecule has 1 saturated carbocycles. The number of nitrogens with zero attached hydrogens (tertiary/aromatic N) is 2. The van der Waals surface area contributed by atoms with Gasteiger partial charge in [-0.25, -0.2) is 0 Å². The van der Waals surface area contributed by atoms with Crippen LogP contribution in [0.2, 0.25) is 0 Å². The van der Waals surface area contributed by atoms with Crippen molar-refractivity contribution in [3.05, 3.63) is 53.4 Å². The normalized spacial score (nSPS) is 19.8. The summed E-state index contributed by atoms with van der Waals surface area (Å²) in [5, 5.41) is 7.06. The van der Waals surface area contributed by atoms with Gasteiger partial charge in [0.1, 0.15) is 0 Å². The first-order valence-electron chi connectivity index (χ1n) is 8.39. The van der Waals surface area contributed by atoms with Gasteiger partial charge in [-0.15, -0.1) is 0 Å². The van der Waals surface area contributed by atoms with E-state index in [0.717, 1.165) is 44.7 Å². The summed E-state index contributed by atoms with van der Waals surface area (Å²) in [6, 6.07) is 11.8. The van der Waals surface area contributed by atoms with Gasteiger partial charge in [-0.05, 0) is 18.4 Å². The highest BCUT2D eigenvalue weighted by atomic mass is 16.5. The van der Waals surface area contributed by atoms with Crippen molar-refractivity contribution in [3.63, 3.8) is 0 Å². The molecule has 126 valence electrons. The summed E-state index contributed by atoms with van der Waals surface area (Å²) in [5.74, 6) is 0.542. The van der Waals surface area contributed by atoms with Crippen LogP contribution in [0.25, 0.3) is 0 Å². The predicted octanol–water partition coefficient (Wildman–Crippen LogP) is 1.93. The summed E-state index contributed by atoms with van der Waals surface area (Å²) < 4.78 is 10.7. The number of benzene rings is 1. The third kappa shape index (κ3) is 3.20. The van der Waals surface area contributed by atoms with Gasteiger partial charge in [-0.3, -0.25) is 9.69 Å². The van der Waals surface area contributed by atoms with Gasteiger partial charge in [-0.1, -0.05) is 35.5 Å². The van der Waals surface area contributed by atoms with Gasteiger partial charge >= 0.3 is 0 Å². The zero-order valence-electron chi connectivity index (χ0n) is 13.5. The monoisotopic (exact) mass is 327 g/mol. The van der Waals surface area contributed by atoms with Crippen molar-refractivity contribution in [1.29, 1.82) is 0 Å². The van der Waals surface area contributed by atoms with Crippen LogP contribution in [0.4, 0.5) is 0 Å². The van der Waals surface area contributed by atoms with Crippen molar-refractivity contribution in [2.24, 2.45) is 0 Å². The molecule has 2 heterocycles. The van der Waals surface area contributed by atoms with Gasteiger partial charge in [-0.2, -0.15) is 0 Å². The molecule has 2 aromatic rings. The maximum absolute atomic E-state index is 12.5. The van der Waals surface area contributed by atoms with E-state index in [9.17, 15) is 4.79 Å². The van der Waals surface area contributed by atoms with Crippen LogP contribution in [0.3, 0.4) is 0 Å². The SMILES string of the molecule is O=C(NC1(c2ccccc2)CC1)c1cc(CN2CCOCC2)on1. The Morgan fingerprint density at radius 2 is 1.96 bits per heavy atom. The van der Waals surface area contributed by atoms with Crippen LogP contribution < -0.4 is 5.32 Å². The Kier molecular flexibility index (Phi) is 4.08. The summed E-state index contributed by atoms with van der Waals surface area (Å²) in [6.45, 7) is 3.88. The quantitative estimate of drug-likeness (QED) is 0.909. The maximum Gasteiger partial charge on any atom is 0.274 e. The lowest BCUT2D eigenvalue weighted by Gasteiger charge is -2.25. The molecule has 0 bridgehead atoms. The first-order valence-corrected chi connectivity index (χ1v) is 8.39. The predicted molar refractivity (Wildman–Crippen MR) is 87.4 cm³/mol. The number of ether oxygens (including phenoxy) is 1. The molecule has 1 aromatic carbocycles. The second kappa shape index (κ2) is 6.37. The van der Waals surface area contributed by atoms with Crippen molar-refractivity contribution >= 4 is 5.91 Å². The lowest BCUT2D eigenvalue weighted by Crippen LogP contribution is -2.35. The largest absolute Gasteiger partial charge is 0.379 e. The van der Waals surface area contributed by atoms with Gasteiger partial charge in [0.25, 0.3) is 5.91 Å². The fourth-order valence-corrected chi connectivity index (χ4v) is 3.12. The van der Waals surface area contributed by atoms with E-state index in [2.05, 4.69) is 27.5 Å². The third-order valence-electron chi connectivity index (χ3n) is 4.70. The Hall–Kier alpha value is -2.18. The number of morpholine rings is 1. The number of amides is 1. The standard InChI is InChI=1S/C18H21N3O3/c22-17(19-18(6-7-18)14-4-2-1-3-5-14)16-12-15(24-20-16)13-21-8-10-23-11-9-21/h1-5,12H,6-11,13H2,(H,19,22). The minimum Gasteiger partial charge on any atom is -0.379 e. The molecule has 0 atom stereocenters. The second-order valence-corrected chi connectivity index (χ2v) is 6.47. The lowest BCUT2D eigenvalue weighted by atomic mass is 10.0. The molecule has 6 heteroatoms. The Bertz CT molecular complexity index is 703. The number of nitrogens with one attached hydrogen (secondary N) is 1. The molecule has 24 heavy (non-hydrogen) atoms. The molecular formula is C18H21N3O3. The average Bonchev–Trinajstić information content (AvgIpc) is 3.26. The van der Waals surface area contributed by atoms with E-state index in [1.807, 2.05) is 18.2 Å². The smallest absolute Gasteiger partial charge is 0.274 e. The van der Waals surface area contributed by atoms with Gasteiger partial charge in [0.15, 0.2) is 11.5 Å². The van der Waals surface area contributed by atoms with Gasteiger partial charge in [0.2, 0.25) is 0 Å². The first-order chi connectivity index (χ1) is 11.8. The van der Waals surface area contributed by atoms with E-state index in [0.29, 0.717) is 18.0 Å². The molecule has 2 aliphatic rings. The topological polar surface area (TPSA) is 67.6 Å². The summed E-state index contributed by atoms with van der Waals surface area (Å²) in [7, 11) is 0. The lowest BCUT2D eigenvalue weighted by molar-refractivity contribution is 0.0305. The van der Waals surface area contributed by atoms with Crippen LogP contribution in [0.1, 0.15) is 34.7 Å². The van der Waals surface area contributed by atoms with Gasteiger partial charge in [0, 0.05) is 19.2 Å². The maximum atomic E-state index is 12.5.